The third-order valence-electron chi connectivity index (χ3n) is 4.90. The molecule has 33 heavy (non-hydrogen) atoms. The lowest BCUT2D eigenvalue weighted by atomic mass is 10.1. The molecule has 4 rings (SSSR count). The summed E-state index contributed by atoms with van der Waals surface area (Å²) in [6.45, 7) is 0.157. The Labute approximate surface area is 195 Å². The minimum absolute atomic E-state index is 0.0943. The van der Waals surface area contributed by atoms with Crippen LogP contribution >= 0.6 is 23.6 Å². The Morgan fingerprint density at radius 1 is 1.27 bits per heavy atom. The summed E-state index contributed by atoms with van der Waals surface area (Å²) in [6.07, 6.45) is -3.24. The first-order valence-electron chi connectivity index (χ1n) is 9.60. The fourth-order valence-corrected chi connectivity index (χ4v) is 4.35. The van der Waals surface area contributed by atoms with Crippen molar-refractivity contribution in [2.45, 2.75) is 12.6 Å². The molecule has 1 saturated heterocycles. The third kappa shape index (κ3) is 5.20. The number of aromatic amines is 1. The maximum Gasteiger partial charge on any atom is 0.419 e. The molecule has 1 aromatic heterocycles. The molecule has 0 saturated carbocycles. The van der Waals surface area contributed by atoms with Crippen LogP contribution in [-0.2, 0) is 17.3 Å². The van der Waals surface area contributed by atoms with E-state index in [9.17, 15) is 23.1 Å². The lowest BCUT2D eigenvalue weighted by Crippen LogP contribution is -2.16. The van der Waals surface area contributed by atoms with E-state index in [1.54, 1.807) is 37.4 Å². The Bertz CT molecular complexity index is 1280. The van der Waals surface area contributed by atoms with Gasteiger partial charge in [-0.15, -0.1) is 11.3 Å². The average molecular weight is 495 g/mol. The van der Waals surface area contributed by atoms with E-state index in [-0.39, 0.29) is 30.4 Å². The SMILES string of the molecule is CN1C(=O)OCC1=Cc1ccc(Oc2ccc(Cc3sc(=S)[nH]c3O)cc2C(F)(F)F)cc1. The molecule has 6 nitrogen and oxygen atoms in total. The molecule has 1 aliphatic rings. The summed E-state index contributed by atoms with van der Waals surface area (Å²) in [5, 5.41) is 9.82. The summed E-state index contributed by atoms with van der Waals surface area (Å²) in [5.74, 6) is -0.254. The van der Waals surface area contributed by atoms with E-state index in [1.165, 1.54) is 17.0 Å². The van der Waals surface area contributed by atoms with Gasteiger partial charge in [0, 0.05) is 13.5 Å². The molecule has 0 radical (unpaired) electrons. The summed E-state index contributed by atoms with van der Waals surface area (Å²) in [6, 6.07) is 10.2. The van der Waals surface area contributed by atoms with E-state index >= 15 is 0 Å². The number of aromatic hydroxyl groups is 1. The van der Waals surface area contributed by atoms with Crippen LogP contribution in [0, 0.1) is 3.95 Å². The van der Waals surface area contributed by atoms with Gasteiger partial charge in [0.25, 0.3) is 0 Å². The first-order valence-corrected chi connectivity index (χ1v) is 10.8. The molecule has 0 aliphatic carbocycles. The summed E-state index contributed by atoms with van der Waals surface area (Å²) in [7, 11) is 1.59. The molecule has 0 bridgehead atoms. The van der Waals surface area contributed by atoms with Crippen LogP contribution in [0.5, 0.6) is 17.4 Å². The van der Waals surface area contributed by atoms with E-state index in [0.29, 0.717) is 20.1 Å². The number of halogens is 3. The number of carbonyl (C=O) groups excluding carboxylic acids is 1. The van der Waals surface area contributed by atoms with Crippen molar-refractivity contribution in [3.63, 3.8) is 0 Å². The van der Waals surface area contributed by atoms with Crippen LogP contribution in [0.25, 0.3) is 6.08 Å². The molecule has 1 amide bonds. The fourth-order valence-electron chi connectivity index (χ4n) is 3.19. The van der Waals surface area contributed by atoms with Crippen LogP contribution in [0.1, 0.15) is 21.6 Å². The molecule has 0 unspecified atom stereocenters. The number of cyclic esters (lactones) is 1. The molecule has 1 fully saturated rings. The van der Waals surface area contributed by atoms with Gasteiger partial charge in [0.1, 0.15) is 18.1 Å². The maximum atomic E-state index is 13.7. The minimum Gasteiger partial charge on any atom is -0.494 e. The van der Waals surface area contributed by atoms with E-state index in [4.69, 9.17) is 21.7 Å². The number of H-pyrrole nitrogens is 1. The van der Waals surface area contributed by atoms with Gasteiger partial charge < -0.3 is 19.6 Å². The zero-order chi connectivity index (χ0) is 23.8. The number of ether oxygens (including phenoxy) is 2. The van der Waals surface area contributed by atoms with Crippen LogP contribution in [-0.4, -0.2) is 34.7 Å². The van der Waals surface area contributed by atoms with Crippen molar-refractivity contribution in [1.29, 1.82) is 0 Å². The minimum atomic E-state index is -4.64. The molecule has 2 heterocycles. The number of nitrogens with zero attached hydrogens (tertiary/aromatic N) is 1. The van der Waals surface area contributed by atoms with Crippen molar-refractivity contribution in [2.75, 3.05) is 13.7 Å². The third-order valence-corrected chi connectivity index (χ3v) is 6.13. The quantitative estimate of drug-likeness (QED) is 0.405. The van der Waals surface area contributed by atoms with E-state index < -0.39 is 17.8 Å². The number of rotatable bonds is 5. The standard InChI is InChI=1S/C22H17F3N2O4S2/c1-27-14(11-30-21(27)29)8-12-2-5-15(6-3-12)31-17-7-4-13(9-16(17)22(23,24)25)10-18-19(28)26-20(32)33-18/h2-9,28H,10-11H2,1H3,(H,26,32). The van der Waals surface area contributed by atoms with E-state index in [1.807, 2.05) is 0 Å². The van der Waals surface area contributed by atoms with Crippen LogP contribution in [0.3, 0.4) is 0 Å². The van der Waals surface area contributed by atoms with Gasteiger partial charge in [0.2, 0.25) is 5.88 Å². The molecule has 0 spiro atoms. The average Bonchev–Trinajstić information content (AvgIpc) is 3.24. The van der Waals surface area contributed by atoms with Crippen molar-refractivity contribution in [1.82, 2.24) is 9.88 Å². The molecule has 11 heteroatoms. The van der Waals surface area contributed by atoms with Crippen LogP contribution in [0.15, 0.2) is 48.2 Å². The summed E-state index contributed by atoms with van der Waals surface area (Å²) < 4.78 is 51.9. The van der Waals surface area contributed by atoms with Gasteiger partial charge in [0.15, 0.2) is 3.95 Å². The lowest BCUT2D eigenvalue weighted by molar-refractivity contribution is -0.138. The number of nitrogens with one attached hydrogen (secondary N) is 1. The van der Waals surface area contributed by atoms with Gasteiger partial charge in [0.05, 0.1) is 16.1 Å². The second kappa shape index (κ2) is 8.91. The smallest absolute Gasteiger partial charge is 0.419 e. The Kier molecular flexibility index (Phi) is 6.17. The summed E-state index contributed by atoms with van der Waals surface area (Å²) in [4.78, 5) is 15.8. The predicted molar refractivity (Wildman–Crippen MR) is 119 cm³/mol. The van der Waals surface area contributed by atoms with Crippen LogP contribution in [0.2, 0.25) is 0 Å². The van der Waals surface area contributed by atoms with Gasteiger partial charge in [-0.25, -0.2) is 4.79 Å². The molecule has 172 valence electrons. The van der Waals surface area contributed by atoms with Gasteiger partial charge in [-0.3, -0.25) is 4.90 Å². The zero-order valence-corrected chi connectivity index (χ0v) is 18.7. The Morgan fingerprint density at radius 3 is 2.58 bits per heavy atom. The van der Waals surface area contributed by atoms with Crippen LogP contribution < -0.4 is 4.74 Å². The number of aromatic nitrogens is 1. The summed E-state index contributed by atoms with van der Waals surface area (Å²) in [5.41, 5.74) is 0.839. The highest BCUT2D eigenvalue weighted by atomic mass is 32.1. The van der Waals surface area contributed by atoms with Gasteiger partial charge >= 0.3 is 12.3 Å². The molecule has 3 aromatic rings. The number of alkyl halides is 3. The Balaban J connectivity index is 1.56. The van der Waals surface area contributed by atoms with Crippen LogP contribution in [0.4, 0.5) is 18.0 Å². The monoisotopic (exact) mass is 494 g/mol. The van der Waals surface area contributed by atoms with Crippen molar-refractivity contribution < 1.29 is 32.5 Å². The molecule has 0 atom stereocenters. The van der Waals surface area contributed by atoms with E-state index in [0.717, 1.165) is 23.0 Å². The largest absolute Gasteiger partial charge is 0.494 e. The molecular weight excluding hydrogens is 477 g/mol. The van der Waals surface area contributed by atoms with Gasteiger partial charge in [-0.05, 0) is 53.7 Å². The number of carbonyl (C=O) groups is 1. The van der Waals surface area contributed by atoms with Crippen molar-refractivity contribution in [3.05, 3.63) is 73.7 Å². The highest BCUT2D eigenvalue weighted by Gasteiger charge is 2.35. The van der Waals surface area contributed by atoms with Crippen molar-refractivity contribution in [2.24, 2.45) is 0 Å². The number of likely N-dealkylation sites (N-methyl/N-ethyl adjacent to an activating group) is 1. The highest BCUT2D eigenvalue weighted by molar-refractivity contribution is 7.73. The number of hydrogen-bond donors (Lipinski definition) is 2. The predicted octanol–water partition coefficient (Wildman–Crippen LogP) is 6.34. The van der Waals surface area contributed by atoms with Crippen molar-refractivity contribution in [3.8, 4) is 17.4 Å². The second-order valence-corrected chi connectivity index (χ2v) is 8.98. The molecule has 2 aromatic carbocycles. The molecule has 2 N–H and O–H groups in total. The number of amides is 1. The van der Waals surface area contributed by atoms with Gasteiger partial charge in [-0.2, -0.15) is 13.2 Å². The molecule has 1 aliphatic heterocycles. The Morgan fingerprint density at radius 2 is 2.00 bits per heavy atom. The van der Waals surface area contributed by atoms with E-state index in [2.05, 4.69) is 4.98 Å². The lowest BCUT2D eigenvalue weighted by Gasteiger charge is -2.15. The van der Waals surface area contributed by atoms with Gasteiger partial charge in [-0.1, -0.05) is 18.2 Å². The maximum absolute atomic E-state index is 13.7. The number of thiazole rings is 1. The fraction of sp³-hybridized carbons (Fsp3) is 0.182. The Hall–Kier alpha value is -3.31. The first kappa shape index (κ1) is 22.9. The van der Waals surface area contributed by atoms with Crippen molar-refractivity contribution >= 4 is 35.7 Å². The normalized spacial score (nSPS) is 15.2. The zero-order valence-electron chi connectivity index (χ0n) is 17.1. The topological polar surface area (TPSA) is 74.8 Å². The summed E-state index contributed by atoms with van der Waals surface area (Å²) >= 11 is 6.06. The highest BCUT2D eigenvalue weighted by Crippen LogP contribution is 2.39. The second-order valence-electron chi connectivity index (χ2n) is 7.21. The number of benzene rings is 2. The number of hydrogen-bond acceptors (Lipinski definition) is 6. The molecular formula is C22H17F3N2O4S2. The first-order chi connectivity index (χ1) is 15.6.